The number of benzene rings is 1. The van der Waals surface area contributed by atoms with Crippen molar-refractivity contribution in [2.75, 3.05) is 18.7 Å². The number of ether oxygens (including phenoxy) is 2. The lowest BCUT2D eigenvalue weighted by atomic mass is 10.1. The third-order valence-corrected chi connectivity index (χ3v) is 4.08. The summed E-state index contributed by atoms with van der Waals surface area (Å²) in [4.78, 5) is 4.77. The Morgan fingerprint density at radius 2 is 2.04 bits per heavy atom. The number of pyridine rings is 1. The normalized spacial score (nSPS) is 12.8. The molecule has 0 unspecified atom stereocenters. The number of aromatic nitrogens is 2. The highest BCUT2D eigenvalue weighted by molar-refractivity contribution is 5.70. The second-order valence-corrected chi connectivity index (χ2v) is 5.69. The highest BCUT2D eigenvalue weighted by Crippen LogP contribution is 2.36. The van der Waals surface area contributed by atoms with Gasteiger partial charge in [0.1, 0.15) is 5.65 Å². The average Bonchev–Trinajstić information content (AvgIpc) is 3.17. The van der Waals surface area contributed by atoms with E-state index in [0.717, 1.165) is 52.8 Å². The number of nitrogens with zero attached hydrogens (tertiary/aromatic N) is 2. The number of fused-ring (bicyclic) bond motifs is 2. The van der Waals surface area contributed by atoms with Crippen LogP contribution >= 0.6 is 0 Å². The Bertz CT molecular complexity index is 870. The number of imidazole rings is 1. The first-order valence-electron chi connectivity index (χ1n) is 7.89. The van der Waals surface area contributed by atoms with Crippen molar-refractivity contribution in [3.05, 3.63) is 42.2 Å². The number of hydrogen-bond donors (Lipinski definition) is 1. The van der Waals surface area contributed by atoms with Gasteiger partial charge in [0, 0.05) is 24.0 Å². The van der Waals surface area contributed by atoms with E-state index in [1.54, 1.807) is 0 Å². The molecule has 0 saturated heterocycles. The van der Waals surface area contributed by atoms with Crippen LogP contribution in [0.1, 0.15) is 19.0 Å². The average molecular weight is 309 g/mol. The van der Waals surface area contributed by atoms with Gasteiger partial charge in [-0.2, -0.15) is 0 Å². The first-order chi connectivity index (χ1) is 11.3. The predicted molar refractivity (Wildman–Crippen MR) is 90.3 cm³/mol. The summed E-state index contributed by atoms with van der Waals surface area (Å²) in [6.07, 6.45) is 3.20. The lowest BCUT2D eigenvalue weighted by Gasteiger charge is -2.06. The van der Waals surface area contributed by atoms with Crippen molar-refractivity contribution in [1.29, 1.82) is 0 Å². The summed E-state index contributed by atoms with van der Waals surface area (Å²) < 4.78 is 13.0. The van der Waals surface area contributed by atoms with Gasteiger partial charge in [-0.3, -0.25) is 0 Å². The molecule has 5 nitrogen and oxygen atoms in total. The summed E-state index contributed by atoms with van der Waals surface area (Å²) in [6.45, 7) is 5.50. The van der Waals surface area contributed by atoms with Crippen LogP contribution in [0.25, 0.3) is 16.9 Å². The van der Waals surface area contributed by atoms with Gasteiger partial charge in [0.05, 0.1) is 11.4 Å². The third-order valence-electron chi connectivity index (χ3n) is 4.08. The Labute approximate surface area is 134 Å². The van der Waals surface area contributed by atoms with Crippen molar-refractivity contribution in [3.8, 4) is 22.8 Å². The Kier molecular flexibility index (Phi) is 3.33. The minimum Gasteiger partial charge on any atom is -0.454 e. The number of hydrogen-bond acceptors (Lipinski definition) is 4. The first kappa shape index (κ1) is 13.9. The molecular formula is C18H19N3O2. The highest BCUT2D eigenvalue weighted by atomic mass is 16.7. The van der Waals surface area contributed by atoms with E-state index in [1.807, 2.05) is 24.3 Å². The van der Waals surface area contributed by atoms with Gasteiger partial charge >= 0.3 is 0 Å². The molecule has 0 bridgehead atoms. The lowest BCUT2D eigenvalue weighted by molar-refractivity contribution is 0.174. The Morgan fingerprint density at radius 1 is 1.17 bits per heavy atom. The van der Waals surface area contributed by atoms with Crippen LogP contribution in [0.3, 0.4) is 0 Å². The second kappa shape index (κ2) is 5.50. The van der Waals surface area contributed by atoms with Gasteiger partial charge in [-0.15, -0.1) is 0 Å². The fourth-order valence-corrected chi connectivity index (χ4v) is 2.85. The van der Waals surface area contributed by atoms with Crippen molar-refractivity contribution < 1.29 is 9.47 Å². The molecule has 0 fully saturated rings. The van der Waals surface area contributed by atoms with Gasteiger partial charge < -0.3 is 19.2 Å². The number of aryl methyl sites for hydroxylation is 1. The van der Waals surface area contributed by atoms with Gasteiger partial charge in [-0.25, -0.2) is 4.98 Å². The van der Waals surface area contributed by atoms with Gasteiger partial charge in [-0.1, -0.05) is 6.92 Å². The molecule has 0 atom stereocenters. The SMILES string of the molecule is CCCNc1ccc2nc(-c3ccc4c(c3)OCO4)c(C)n2c1. The Balaban J connectivity index is 1.77. The fourth-order valence-electron chi connectivity index (χ4n) is 2.85. The lowest BCUT2D eigenvalue weighted by Crippen LogP contribution is -2.01. The van der Waals surface area contributed by atoms with E-state index in [-0.39, 0.29) is 6.79 Å². The Morgan fingerprint density at radius 3 is 2.91 bits per heavy atom. The van der Waals surface area contributed by atoms with E-state index < -0.39 is 0 Å². The highest BCUT2D eigenvalue weighted by Gasteiger charge is 2.17. The van der Waals surface area contributed by atoms with Crippen LogP contribution in [0.5, 0.6) is 11.5 Å². The summed E-state index contributed by atoms with van der Waals surface area (Å²) in [5, 5.41) is 3.41. The standard InChI is InChI=1S/C18H19N3O2/c1-3-8-19-14-5-7-17-20-18(12(2)21(17)10-14)13-4-6-15-16(9-13)23-11-22-15/h4-7,9-10,19H,3,8,11H2,1-2H3. The molecule has 5 heteroatoms. The molecule has 0 amide bonds. The van der Waals surface area contributed by atoms with Crippen LogP contribution in [-0.4, -0.2) is 22.7 Å². The predicted octanol–water partition coefficient (Wildman–Crippen LogP) is 3.86. The van der Waals surface area contributed by atoms with Crippen LogP contribution in [0.2, 0.25) is 0 Å². The van der Waals surface area contributed by atoms with E-state index in [1.165, 1.54) is 0 Å². The van der Waals surface area contributed by atoms with Crippen LogP contribution in [-0.2, 0) is 0 Å². The van der Waals surface area contributed by atoms with Crippen molar-refractivity contribution in [2.24, 2.45) is 0 Å². The van der Waals surface area contributed by atoms with Crippen molar-refractivity contribution in [2.45, 2.75) is 20.3 Å². The largest absolute Gasteiger partial charge is 0.454 e. The summed E-state index contributed by atoms with van der Waals surface area (Å²) in [7, 11) is 0. The molecule has 3 aromatic rings. The molecule has 2 aromatic heterocycles. The maximum absolute atomic E-state index is 5.47. The molecule has 1 N–H and O–H groups in total. The molecular weight excluding hydrogens is 290 g/mol. The summed E-state index contributed by atoms with van der Waals surface area (Å²) in [5.41, 5.74) is 5.17. The molecule has 1 aliphatic heterocycles. The van der Waals surface area contributed by atoms with Gasteiger partial charge in [0.15, 0.2) is 11.5 Å². The molecule has 118 valence electrons. The van der Waals surface area contributed by atoms with E-state index in [2.05, 4.69) is 35.8 Å². The fraction of sp³-hybridized carbons (Fsp3) is 0.278. The molecule has 0 radical (unpaired) electrons. The summed E-state index contributed by atoms with van der Waals surface area (Å²) >= 11 is 0. The molecule has 1 aliphatic rings. The van der Waals surface area contributed by atoms with Crippen LogP contribution in [0, 0.1) is 6.92 Å². The summed E-state index contributed by atoms with van der Waals surface area (Å²) in [6, 6.07) is 10.1. The smallest absolute Gasteiger partial charge is 0.231 e. The summed E-state index contributed by atoms with van der Waals surface area (Å²) in [5.74, 6) is 1.57. The van der Waals surface area contributed by atoms with Gasteiger partial charge in [0.25, 0.3) is 0 Å². The maximum atomic E-state index is 5.47. The molecule has 23 heavy (non-hydrogen) atoms. The number of anilines is 1. The van der Waals surface area contributed by atoms with Crippen LogP contribution in [0.15, 0.2) is 36.5 Å². The third kappa shape index (κ3) is 2.38. The minimum atomic E-state index is 0.287. The molecule has 0 spiro atoms. The van der Waals surface area contributed by atoms with E-state index >= 15 is 0 Å². The number of rotatable bonds is 4. The minimum absolute atomic E-state index is 0.287. The number of nitrogens with one attached hydrogen (secondary N) is 1. The van der Waals surface area contributed by atoms with Gasteiger partial charge in [0.2, 0.25) is 6.79 Å². The maximum Gasteiger partial charge on any atom is 0.231 e. The topological polar surface area (TPSA) is 47.8 Å². The zero-order valence-electron chi connectivity index (χ0n) is 13.3. The van der Waals surface area contributed by atoms with Crippen LogP contribution in [0.4, 0.5) is 5.69 Å². The molecule has 0 saturated carbocycles. The quantitative estimate of drug-likeness (QED) is 0.795. The monoisotopic (exact) mass is 309 g/mol. The van der Waals surface area contributed by atoms with Crippen molar-refractivity contribution in [3.63, 3.8) is 0 Å². The molecule has 0 aliphatic carbocycles. The van der Waals surface area contributed by atoms with Crippen molar-refractivity contribution >= 4 is 11.3 Å². The molecule has 3 heterocycles. The first-order valence-corrected chi connectivity index (χ1v) is 7.89. The van der Waals surface area contributed by atoms with Crippen molar-refractivity contribution in [1.82, 2.24) is 9.38 Å². The zero-order valence-corrected chi connectivity index (χ0v) is 13.3. The Hall–Kier alpha value is -2.69. The second-order valence-electron chi connectivity index (χ2n) is 5.69. The van der Waals surface area contributed by atoms with E-state index in [4.69, 9.17) is 14.5 Å². The zero-order chi connectivity index (χ0) is 15.8. The molecule has 1 aromatic carbocycles. The van der Waals surface area contributed by atoms with Crippen LogP contribution < -0.4 is 14.8 Å². The van der Waals surface area contributed by atoms with E-state index in [9.17, 15) is 0 Å². The van der Waals surface area contributed by atoms with E-state index in [0.29, 0.717) is 0 Å². The molecule has 4 rings (SSSR count). The van der Waals surface area contributed by atoms with Gasteiger partial charge in [-0.05, 0) is 43.7 Å².